The van der Waals surface area contributed by atoms with Crippen LogP contribution in [0.15, 0.2) is 48.5 Å². The van der Waals surface area contributed by atoms with Crippen molar-refractivity contribution >= 4 is 18.0 Å². The number of benzene rings is 2. The normalized spacial score (nSPS) is 18.7. The number of carboxylic acid groups (broad SMARTS) is 1. The van der Waals surface area contributed by atoms with Crippen molar-refractivity contribution < 1.29 is 24.2 Å². The highest BCUT2D eigenvalue weighted by Gasteiger charge is 2.44. The highest BCUT2D eigenvalue weighted by Crippen LogP contribution is 2.44. The summed E-state index contributed by atoms with van der Waals surface area (Å²) < 4.78 is 5.67. The van der Waals surface area contributed by atoms with Crippen molar-refractivity contribution in [1.29, 1.82) is 0 Å². The number of aliphatic carboxylic acids is 1. The first kappa shape index (κ1) is 22.4. The molecule has 34 heavy (non-hydrogen) atoms. The first-order valence-corrected chi connectivity index (χ1v) is 12.1. The Labute approximate surface area is 199 Å². The molecule has 0 bridgehead atoms. The summed E-state index contributed by atoms with van der Waals surface area (Å²) in [5, 5.41) is 12.3. The van der Waals surface area contributed by atoms with Crippen LogP contribution in [-0.2, 0) is 14.3 Å². The smallest absolute Gasteiger partial charge is 0.407 e. The number of amides is 2. The van der Waals surface area contributed by atoms with E-state index in [0.29, 0.717) is 0 Å². The van der Waals surface area contributed by atoms with Gasteiger partial charge in [0.25, 0.3) is 0 Å². The van der Waals surface area contributed by atoms with Gasteiger partial charge >= 0.3 is 12.1 Å². The van der Waals surface area contributed by atoms with E-state index >= 15 is 0 Å². The number of ether oxygens (including phenoxy) is 1. The van der Waals surface area contributed by atoms with Gasteiger partial charge in [-0.3, -0.25) is 4.79 Å². The van der Waals surface area contributed by atoms with Crippen molar-refractivity contribution in [3.05, 3.63) is 59.7 Å². The zero-order valence-electron chi connectivity index (χ0n) is 19.3. The number of alkyl carbamates (subject to hydrolysis) is 1. The summed E-state index contributed by atoms with van der Waals surface area (Å²) in [5.41, 5.74) is 4.55. The van der Waals surface area contributed by atoms with Gasteiger partial charge in [0.1, 0.15) is 18.7 Å². The van der Waals surface area contributed by atoms with E-state index in [4.69, 9.17) is 4.74 Å². The number of nitrogens with zero attached hydrogens (tertiary/aromatic N) is 1. The molecule has 2 saturated carbocycles. The van der Waals surface area contributed by atoms with Gasteiger partial charge in [-0.2, -0.15) is 0 Å². The predicted octanol–water partition coefficient (Wildman–Crippen LogP) is 4.16. The lowest BCUT2D eigenvalue weighted by Crippen LogP contribution is -2.57. The molecular weight excluding hydrogens is 432 g/mol. The Kier molecular flexibility index (Phi) is 6.02. The van der Waals surface area contributed by atoms with Crippen LogP contribution in [0.4, 0.5) is 4.79 Å². The van der Waals surface area contributed by atoms with Crippen LogP contribution < -0.4 is 5.32 Å². The van der Waals surface area contributed by atoms with Gasteiger partial charge in [-0.1, -0.05) is 55.0 Å². The van der Waals surface area contributed by atoms with Crippen molar-refractivity contribution in [2.75, 3.05) is 6.61 Å². The van der Waals surface area contributed by atoms with Gasteiger partial charge in [0.15, 0.2) is 0 Å². The number of fused-ring (bicyclic) bond motifs is 3. The van der Waals surface area contributed by atoms with E-state index < -0.39 is 24.1 Å². The molecule has 7 heteroatoms. The molecule has 2 fully saturated rings. The second kappa shape index (κ2) is 9.12. The average Bonchev–Trinajstić information content (AvgIpc) is 3.58. The van der Waals surface area contributed by atoms with Crippen molar-refractivity contribution in [3.63, 3.8) is 0 Å². The van der Waals surface area contributed by atoms with E-state index in [1.165, 1.54) is 11.8 Å². The van der Waals surface area contributed by atoms with Crippen LogP contribution in [0.2, 0.25) is 0 Å². The van der Waals surface area contributed by atoms with E-state index in [2.05, 4.69) is 29.6 Å². The van der Waals surface area contributed by atoms with Gasteiger partial charge < -0.3 is 20.1 Å². The lowest BCUT2D eigenvalue weighted by molar-refractivity contribution is -0.151. The van der Waals surface area contributed by atoms with Crippen molar-refractivity contribution in [2.45, 2.75) is 63.1 Å². The largest absolute Gasteiger partial charge is 0.480 e. The van der Waals surface area contributed by atoms with Crippen LogP contribution in [0.1, 0.15) is 56.1 Å². The van der Waals surface area contributed by atoms with Gasteiger partial charge in [-0.15, -0.1) is 0 Å². The van der Waals surface area contributed by atoms with Crippen LogP contribution in [0.25, 0.3) is 11.1 Å². The minimum absolute atomic E-state index is 0.00947. The molecule has 3 aliphatic carbocycles. The third kappa shape index (κ3) is 4.15. The predicted molar refractivity (Wildman–Crippen MR) is 126 cm³/mol. The molecule has 2 atom stereocenters. The van der Waals surface area contributed by atoms with Crippen LogP contribution >= 0.6 is 0 Å². The Balaban J connectivity index is 1.29. The number of carboxylic acids is 1. The second-order valence-corrected chi connectivity index (χ2v) is 9.63. The zero-order chi connectivity index (χ0) is 23.8. The van der Waals surface area contributed by atoms with Gasteiger partial charge in [0.2, 0.25) is 5.91 Å². The van der Waals surface area contributed by atoms with E-state index in [1.807, 2.05) is 24.3 Å². The standard InChI is InChI=1S/C27H30N2O5/c1-16(26(31)32)29(18-13-14-18)25(30)24(17-7-6-8-17)28-27(33)34-15-23-21-11-4-2-9-19(21)20-10-3-5-12-22(20)23/h2-5,9-12,16-18,23-24H,6-8,13-15H2,1H3,(H,28,33)(H,31,32). The summed E-state index contributed by atoms with van der Waals surface area (Å²) in [6.45, 7) is 1.70. The maximum Gasteiger partial charge on any atom is 0.407 e. The Morgan fingerprint density at radius 2 is 1.59 bits per heavy atom. The summed E-state index contributed by atoms with van der Waals surface area (Å²) in [5.74, 6) is -1.40. The minimum atomic E-state index is -1.03. The zero-order valence-corrected chi connectivity index (χ0v) is 19.3. The van der Waals surface area contributed by atoms with Crippen molar-refractivity contribution in [1.82, 2.24) is 10.2 Å². The highest BCUT2D eigenvalue weighted by molar-refractivity contribution is 5.90. The van der Waals surface area contributed by atoms with E-state index in [-0.39, 0.29) is 30.4 Å². The van der Waals surface area contributed by atoms with Gasteiger partial charge in [0, 0.05) is 12.0 Å². The van der Waals surface area contributed by atoms with Gasteiger partial charge in [-0.05, 0) is 60.8 Å². The molecule has 2 aromatic rings. The molecule has 0 saturated heterocycles. The first-order valence-electron chi connectivity index (χ1n) is 12.1. The number of carbonyl (C=O) groups is 3. The summed E-state index contributed by atoms with van der Waals surface area (Å²) in [6, 6.07) is 14.5. The molecule has 0 heterocycles. The topological polar surface area (TPSA) is 95.9 Å². The monoisotopic (exact) mass is 462 g/mol. The maximum absolute atomic E-state index is 13.4. The Morgan fingerprint density at radius 1 is 1.00 bits per heavy atom. The Morgan fingerprint density at radius 3 is 2.09 bits per heavy atom. The van der Waals surface area contributed by atoms with Crippen LogP contribution in [0.3, 0.4) is 0 Å². The van der Waals surface area contributed by atoms with E-state index in [0.717, 1.165) is 54.4 Å². The van der Waals surface area contributed by atoms with Crippen molar-refractivity contribution in [2.24, 2.45) is 5.92 Å². The molecule has 5 rings (SSSR count). The lowest BCUT2D eigenvalue weighted by Gasteiger charge is -2.37. The Bertz CT molecular complexity index is 1060. The third-order valence-corrected chi connectivity index (χ3v) is 7.47. The SMILES string of the molecule is CC(C(=O)O)N(C(=O)C(NC(=O)OCC1c2ccccc2-c2ccccc21)C1CCC1)C1CC1. The quantitative estimate of drug-likeness (QED) is 0.614. The molecule has 2 unspecified atom stereocenters. The second-order valence-electron chi connectivity index (χ2n) is 9.63. The average molecular weight is 463 g/mol. The van der Waals surface area contributed by atoms with Crippen LogP contribution in [0, 0.1) is 5.92 Å². The molecule has 7 nitrogen and oxygen atoms in total. The third-order valence-electron chi connectivity index (χ3n) is 7.47. The molecule has 2 amide bonds. The fraction of sp³-hybridized carbons (Fsp3) is 0.444. The number of carbonyl (C=O) groups excluding carboxylic acids is 2. The maximum atomic E-state index is 13.4. The van der Waals surface area contributed by atoms with Gasteiger partial charge in [-0.25, -0.2) is 9.59 Å². The fourth-order valence-corrected chi connectivity index (χ4v) is 5.24. The molecule has 3 aliphatic rings. The number of nitrogens with one attached hydrogen (secondary N) is 1. The molecule has 0 spiro atoms. The molecule has 178 valence electrons. The summed E-state index contributed by atoms with van der Waals surface area (Å²) >= 11 is 0. The molecule has 2 N–H and O–H groups in total. The van der Waals surface area contributed by atoms with Gasteiger partial charge in [0.05, 0.1) is 0 Å². The molecule has 0 radical (unpaired) electrons. The summed E-state index contributed by atoms with van der Waals surface area (Å²) in [4.78, 5) is 39.4. The lowest BCUT2D eigenvalue weighted by atomic mass is 9.79. The van der Waals surface area contributed by atoms with E-state index in [1.54, 1.807) is 0 Å². The number of hydrogen-bond acceptors (Lipinski definition) is 4. The summed E-state index contributed by atoms with van der Waals surface area (Å²) in [6.07, 6.45) is 3.63. The minimum Gasteiger partial charge on any atom is -0.480 e. The highest BCUT2D eigenvalue weighted by atomic mass is 16.5. The number of hydrogen-bond donors (Lipinski definition) is 2. The molecule has 2 aromatic carbocycles. The molecule has 0 aliphatic heterocycles. The number of rotatable bonds is 8. The summed E-state index contributed by atoms with van der Waals surface area (Å²) in [7, 11) is 0. The fourth-order valence-electron chi connectivity index (χ4n) is 5.24. The molecule has 0 aromatic heterocycles. The first-order chi connectivity index (χ1) is 16.5. The van der Waals surface area contributed by atoms with Crippen LogP contribution in [0.5, 0.6) is 0 Å². The van der Waals surface area contributed by atoms with Crippen molar-refractivity contribution in [3.8, 4) is 11.1 Å². The van der Waals surface area contributed by atoms with Crippen LogP contribution in [-0.4, -0.2) is 52.7 Å². The Hall–Kier alpha value is -3.35. The van der Waals surface area contributed by atoms with E-state index in [9.17, 15) is 19.5 Å². The molecular formula is C27H30N2O5.